The molecule has 1 atom stereocenters. The first-order chi connectivity index (χ1) is 14.8. The third-order valence-corrected chi connectivity index (χ3v) is 5.35. The first-order valence-corrected chi connectivity index (χ1v) is 9.66. The van der Waals surface area contributed by atoms with Crippen LogP contribution in [0.25, 0.3) is 22.5 Å². The highest BCUT2D eigenvalue weighted by atomic mass is 16.5. The van der Waals surface area contributed by atoms with Crippen molar-refractivity contribution in [1.82, 2.24) is 35.0 Å². The Morgan fingerprint density at radius 3 is 3.03 bits per heavy atom. The summed E-state index contributed by atoms with van der Waals surface area (Å²) < 4.78 is 11.7. The molecule has 1 aliphatic rings. The smallest absolute Gasteiger partial charge is 0.244 e. The maximum Gasteiger partial charge on any atom is 0.244 e. The molecule has 6 rings (SSSR count). The average molecular weight is 399 g/mol. The van der Waals surface area contributed by atoms with Gasteiger partial charge in [0.1, 0.15) is 17.0 Å². The number of fused-ring (bicyclic) bond motifs is 2. The van der Waals surface area contributed by atoms with Crippen LogP contribution in [0.15, 0.2) is 64.2 Å². The Morgan fingerprint density at radius 2 is 2.13 bits per heavy atom. The van der Waals surface area contributed by atoms with Crippen LogP contribution in [0.4, 0.5) is 0 Å². The van der Waals surface area contributed by atoms with E-state index in [-0.39, 0.29) is 6.04 Å². The van der Waals surface area contributed by atoms with E-state index in [4.69, 9.17) is 8.94 Å². The largest absolute Gasteiger partial charge is 0.460 e. The number of furan rings is 1. The normalized spacial score (nSPS) is 16.7. The van der Waals surface area contributed by atoms with E-state index in [1.165, 1.54) is 0 Å². The molecule has 0 saturated heterocycles. The van der Waals surface area contributed by atoms with Crippen molar-refractivity contribution in [3.05, 3.63) is 78.3 Å². The van der Waals surface area contributed by atoms with Crippen LogP contribution in [0.1, 0.15) is 29.1 Å². The van der Waals surface area contributed by atoms with Crippen molar-refractivity contribution in [1.29, 1.82) is 0 Å². The maximum absolute atomic E-state index is 6.05. The number of imidazole rings is 1. The molecule has 0 fully saturated rings. The molecule has 4 aromatic heterocycles. The van der Waals surface area contributed by atoms with Gasteiger partial charge in [0.15, 0.2) is 0 Å². The zero-order valence-electron chi connectivity index (χ0n) is 15.9. The van der Waals surface area contributed by atoms with Crippen molar-refractivity contribution in [2.45, 2.75) is 25.6 Å². The van der Waals surface area contributed by atoms with Gasteiger partial charge in [0.25, 0.3) is 0 Å². The van der Waals surface area contributed by atoms with E-state index in [9.17, 15) is 0 Å². The van der Waals surface area contributed by atoms with Crippen LogP contribution in [-0.4, -0.2) is 35.0 Å². The summed E-state index contributed by atoms with van der Waals surface area (Å²) in [6, 6.07) is 9.97. The zero-order valence-corrected chi connectivity index (χ0v) is 15.9. The minimum atomic E-state index is -0.119. The quantitative estimate of drug-likeness (QED) is 0.490. The Kier molecular flexibility index (Phi) is 3.91. The van der Waals surface area contributed by atoms with Gasteiger partial charge in [-0.2, -0.15) is 4.98 Å². The Balaban J connectivity index is 1.34. The average Bonchev–Trinajstić information content (AvgIpc) is 3.52. The number of aromatic amines is 1. The Bertz CT molecular complexity index is 1270. The summed E-state index contributed by atoms with van der Waals surface area (Å²) in [5.74, 6) is 1.84. The Labute approximate surface area is 170 Å². The fraction of sp³-hybridized carbons (Fsp3) is 0.190. The lowest BCUT2D eigenvalue weighted by Gasteiger charge is -2.31. The molecule has 9 nitrogen and oxygen atoms in total. The molecule has 1 aliphatic heterocycles. The van der Waals surface area contributed by atoms with Crippen molar-refractivity contribution < 1.29 is 8.94 Å². The third-order valence-electron chi connectivity index (χ3n) is 5.35. The summed E-state index contributed by atoms with van der Waals surface area (Å²) in [6.45, 7) is 1.29. The van der Waals surface area contributed by atoms with Gasteiger partial charge in [0.2, 0.25) is 11.7 Å². The van der Waals surface area contributed by atoms with Crippen LogP contribution in [0.3, 0.4) is 0 Å². The SMILES string of the molecule is c1ccc2oc(CN3Cc4[nH]cnc4CC3c3nc(-c4cnccn4)no3)cc2c1. The van der Waals surface area contributed by atoms with E-state index in [2.05, 4.69) is 41.0 Å². The van der Waals surface area contributed by atoms with Crippen molar-refractivity contribution in [3.63, 3.8) is 0 Å². The minimum absolute atomic E-state index is 0.119. The Hall–Kier alpha value is -3.85. The number of benzene rings is 1. The number of aromatic nitrogens is 6. The second kappa shape index (κ2) is 6.89. The van der Waals surface area contributed by atoms with Gasteiger partial charge >= 0.3 is 0 Å². The monoisotopic (exact) mass is 399 g/mol. The molecule has 1 unspecified atom stereocenters. The standard InChI is InChI=1S/C21H17N7O2/c1-2-4-19-13(3-1)7-14(29-19)10-28-11-17-15(24-12-25-17)8-18(28)21-26-20(27-30-21)16-9-22-5-6-23-16/h1-7,9,12,18H,8,10-11H2,(H,24,25). The highest BCUT2D eigenvalue weighted by Crippen LogP contribution is 2.33. The summed E-state index contributed by atoms with van der Waals surface area (Å²) >= 11 is 0. The number of nitrogens with one attached hydrogen (secondary N) is 1. The maximum atomic E-state index is 6.05. The number of H-pyrrole nitrogens is 1. The summed E-state index contributed by atoms with van der Waals surface area (Å²) in [7, 11) is 0. The number of nitrogens with zero attached hydrogens (tertiary/aromatic N) is 6. The zero-order chi connectivity index (χ0) is 19.9. The second-order valence-corrected chi connectivity index (χ2v) is 7.25. The molecule has 1 N–H and O–H groups in total. The van der Waals surface area contributed by atoms with Crippen LogP contribution >= 0.6 is 0 Å². The fourth-order valence-electron chi connectivity index (χ4n) is 3.90. The fourth-order valence-corrected chi connectivity index (χ4v) is 3.90. The van der Waals surface area contributed by atoms with E-state index in [0.717, 1.165) is 28.1 Å². The van der Waals surface area contributed by atoms with Crippen LogP contribution in [0.5, 0.6) is 0 Å². The first kappa shape index (κ1) is 17.0. The molecule has 0 aliphatic carbocycles. The molecular formula is C21H17N7O2. The van der Waals surface area contributed by atoms with Crippen LogP contribution in [0.2, 0.25) is 0 Å². The van der Waals surface area contributed by atoms with Gasteiger partial charge in [0.05, 0.1) is 36.5 Å². The molecule has 9 heteroatoms. The van der Waals surface area contributed by atoms with Crippen molar-refractivity contribution in [2.24, 2.45) is 0 Å². The molecular weight excluding hydrogens is 382 g/mol. The summed E-state index contributed by atoms with van der Waals surface area (Å²) in [5.41, 5.74) is 3.56. The van der Waals surface area contributed by atoms with Crippen LogP contribution in [-0.2, 0) is 19.5 Å². The molecule has 30 heavy (non-hydrogen) atoms. The van der Waals surface area contributed by atoms with Gasteiger partial charge in [-0.25, -0.2) is 9.97 Å². The highest BCUT2D eigenvalue weighted by molar-refractivity contribution is 5.77. The van der Waals surface area contributed by atoms with Crippen LogP contribution < -0.4 is 0 Å². The number of hydrogen-bond acceptors (Lipinski definition) is 8. The molecule has 5 aromatic rings. The highest BCUT2D eigenvalue weighted by Gasteiger charge is 2.34. The molecule has 1 aromatic carbocycles. The van der Waals surface area contributed by atoms with Gasteiger partial charge < -0.3 is 13.9 Å². The number of rotatable bonds is 4. The molecule has 0 amide bonds. The predicted molar refractivity (Wildman–Crippen MR) is 106 cm³/mol. The molecule has 148 valence electrons. The second-order valence-electron chi connectivity index (χ2n) is 7.25. The van der Waals surface area contributed by atoms with Crippen molar-refractivity contribution in [2.75, 3.05) is 0 Å². The molecule has 0 radical (unpaired) electrons. The van der Waals surface area contributed by atoms with E-state index in [1.807, 2.05) is 24.3 Å². The molecule has 5 heterocycles. The van der Waals surface area contributed by atoms with Gasteiger partial charge in [-0.3, -0.25) is 9.88 Å². The van der Waals surface area contributed by atoms with Gasteiger partial charge in [0, 0.05) is 30.7 Å². The molecule has 0 spiro atoms. The van der Waals surface area contributed by atoms with E-state index < -0.39 is 0 Å². The molecule has 0 bridgehead atoms. The first-order valence-electron chi connectivity index (χ1n) is 9.66. The lowest BCUT2D eigenvalue weighted by molar-refractivity contribution is 0.120. The Morgan fingerprint density at radius 1 is 1.17 bits per heavy atom. The lowest BCUT2D eigenvalue weighted by atomic mass is 10.0. The van der Waals surface area contributed by atoms with Crippen molar-refractivity contribution >= 4 is 11.0 Å². The van der Waals surface area contributed by atoms with E-state index in [1.54, 1.807) is 24.9 Å². The predicted octanol–water partition coefficient (Wildman–Crippen LogP) is 3.30. The topological polar surface area (TPSA) is 110 Å². The summed E-state index contributed by atoms with van der Waals surface area (Å²) in [6.07, 6.45) is 7.23. The van der Waals surface area contributed by atoms with Crippen LogP contribution in [0, 0.1) is 0 Å². The van der Waals surface area contributed by atoms with Gasteiger partial charge in [-0.1, -0.05) is 23.4 Å². The third kappa shape index (κ3) is 2.96. The van der Waals surface area contributed by atoms with Gasteiger partial charge in [-0.05, 0) is 12.1 Å². The summed E-state index contributed by atoms with van der Waals surface area (Å²) in [5, 5.41) is 5.20. The number of para-hydroxylation sites is 1. The lowest BCUT2D eigenvalue weighted by Crippen LogP contribution is -2.34. The van der Waals surface area contributed by atoms with E-state index in [0.29, 0.717) is 36.9 Å². The summed E-state index contributed by atoms with van der Waals surface area (Å²) in [4.78, 5) is 22.9. The molecule has 0 saturated carbocycles. The van der Waals surface area contributed by atoms with Gasteiger partial charge in [-0.15, -0.1) is 0 Å². The minimum Gasteiger partial charge on any atom is -0.460 e. The van der Waals surface area contributed by atoms with Crippen molar-refractivity contribution in [3.8, 4) is 11.5 Å². The number of hydrogen-bond donors (Lipinski definition) is 1. The van der Waals surface area contributed by atoms with E-state index >= 15 is 0 Å².